The molecule has 0 radical (unpaired) electrons. The van der Waals surface area contributed by atoms with E-state index in [0.29, 0.717) is 18.6 Å². The molecule has 0 spiro atoms. The van der Waals surface area contributed by atoms with Gasteiger partial charge in [0.15, 0.2) is 0 Å². The Hall–Kier alpha value is -0.220. The monoisotopic (exact) mass is 256 g/mol. The van der Waals surface area contributed by atoms with Gasteiger partial charge in [-0.1, -0.05) is 19.3 Å². The predicted octanol–water partition coefficient (Wildman–Crippen LogP) is 1.92. The second-order valence-electron chi connectivity index (χ2n) is 5.20. The van der Waals surface area contributed by atoms with Crippen LogP contribution in [0.2, 0.25) is 0 Å². The standard InChI is InChI=1S/C13H24N2OS/c16-13(15-11-5-2-1-3-6-11)9-14-12-7-4-8-17-10-12/h11-12,14H,1-10H2,(H,15,16)/t12-/m0/s1. The number of amides is 1. The molecule has 3 nitrogen and oxygen atoms in total. The van der Waals surface area contributed by atoms with E-state index in [0.717, 1.165) is 5.75 Å². The van der Waals surface area contributed by atoms with Crippen molar-refractivity contribution in [1.82, 2.24) is 10.6 Å². The van der Waals surface area contributed by atoms with Gasteiger partial charge in [-0.15, -0.1) is 0 Å². The maximum Gasteiger partial charge on any atom is 0.234 e. The van der Waals surface area contributed by atoms with Gasteiger partial charge >= 0.3 is 0 Å². The summed E-state index contributed by atoms with van der Waals surface area (Å²) in [4.78, 5) is 11.8. The summed E-state index contributed by atoms with van der Waals surface area (Å²) in [6.45, 7) is 0.502. The third kappa shape index (κ3) is 4.88. The molecule has 1 atom stereocenters. The lowest BCUT2D eigenvalue weighted by atomic mass is 9.95. The summed E-state index contributed by atoms with van der Waals surface area (Å²) in [6, 6.07) is 0.990. The van der Waals surface area contributed by atoms with Crippen LogP contribution >= 0.6 is 11.8 Å². The normalized spacial score (nSPS) is 26.7. The molecule has 1 saturated carbocycles. The fraction of sp³-hybridized carbons (Fsp3) is 0.923. The van der Waals surface area contributed by atoms with Crippen molar-refractivity contribution in [2.75, 3.05) is 18.1 Å². The van der Waals surface area contributed by atoms with Crippen LogP contribution in [0.5, 0.6) is 0 Å². The highest BCUT2D eigenvalue weighted by Crippen LogP contribution is 2.18. The lowest BCUT2D eigenvalue weighted by molar-refractivity contribution is -0.121. The number of thioether (sulfide) groups is 1. The van der Waals surface area contributed by atoms with Gasteiger partial charge in [0.1, 0.15) is 0 Å². The molecule has 2 fully saturated rings. The number of rotatable bonds is 4. The summed E-state index contributed by atoms with van der Waals surface area (Å²) in [5, 5.41) is 6.53. The second kappa shape index (κ2) is 7.27. The molecule has 1 aliphatic heterocycles. The summed E-state index contributed by atoms with van der Waals surface area (Å²) in [6.07, 6.45) is 8.74. The first kappa shape index (κ1) is 13.2. The topological polar surface area (TPSA) is 41.1 Å². The van der Waals surface area contributed by atoms with Gasteiger partial charge in [-0.25, -0.2) is 0 Å². The molecule has 4 heteroatoms. The minimum atomic E-state index is 0.187. The largest absolute Gasteiger partial charge is 0.352 e. The number of hydrogen-bond donors (Lipinski definition) is 2. The van der Waals surface area contributed by atoms with Crippen LogP contribution < -0.4 is 10.6 Å². The smallest absolute Gasteiger partial charge is 0.234 e. The predicted molar refractivity (Wildman–Crippen MR) is 73.4 cm³/mol. The highest BCUT2D eigenvalue weighted by Gasteiger charge is 2.17. The second-order valence-corrected chi connectivity index (χ2v) is 6.35. The van der Waals surface area contributed by atoms with Crippen molar-refractivity contribution in [3.8, 4) is 0 Å². The molecular weight excluding hydrogens is 232 g/mol. The molecule has 1 heterocycles. The Kier molecular flexibility index (Phi) is 5.65. The Morgan fingerprint density at radius 3 is 2.53 bits per heavy atom. The van der Waals surface area contributed by atoms with Gasteiger partial charge in [0.05, 0.1) is 6.54 Å². The Morgan fingerprint density at radius 1 is 1.06 bits per heavy atom. The first-order chi connectivity index (χ1) is 8.34. The van der Waals surface area contributed by atoms with Gasteiger partial charge in [0.2, 0.25) is 5.91 Å². The average molecular weight is 256 g/mol. The summed E-state index contributed by atoms with van der Waals surface area (Å²) < 4.78 is 0. The van der Waals surface area contributed by atoms with E-state index in [2.05, 4.69) is 10.6 Å². The quantitative estimate of drug-likeness (QED) is 0.807. The van der Waals surface area contributed by atoms with Crippen LogP contribution in [0.15, 0.2) is 0 Å². The molecule has 0 aromatic heterocycles. The molecular formula is C13H24N2OS. The lowest BCUT2D eigenvalue weighted by Gasteiger charge is -2.25. The molecule has 0 bridgehead atoms. The van der Waals surface area contributed by atoms with Crippen molar-refractivity contribution in [3.05, 3.63) is 0 Å². The maximum atomic E-state index is 11.8. The molecule has 0 aromatic carbocycles. The van der Waals surface area contributed by atoms with E-state index in [9.17, 15) is 4.79 Å². The molecule has 2 aliphatic rings. The van der Waals surface area contributed by atoms with Gasteiger partial charge < -0.3 is 10.6 Å². The van der Waals surface area contributed by atoms with Crippen LogP contribution in [0.4, 0.5) is 0 Å². The zero-order valence-electron chi connectivity index (χ0n) is 10.5. The third-order valence-corrected chi connectivity index (χ3v) is 4.90. The van der Waals surface area contributed by atoms with Crippen LogP contribution in [0.1, 0.15) is 44.9 Å². The van der Waals surface area contributed by atoms with E-state index in [4.69, 9.17) is 0 Å². The van der Waals surface area contributed by atoms with Crippen molar-refractivity contribution < 1.29 is 4.79 Å². The molecule has 98 valence electrons. The van der Waals surface area contributed by atoms with Crippen LogP contribution in [0, 0.1) is 0 Å². The van der Waals surface area contributed by atoms with Gasteiger partial charge in [0.25, 0.3) is 0 Å². The van der Waals surface area contributed by atoms with E-state index in [1.54, 1.807) is 0 Å². The lowest BCUT2D eigenvalue weighted by Crippen LogP contribution is -2.45. The molecule has 0 unspecified atom stereocenters. The van der Waals surface area contributed by atoms with E-state index in [1.807, 2.05) is 11.8 Å². The van der Waals surface area contributed by atoms with Gasteiger partial charge in [-0.05, 0) is 31.4 Å². The van der Waals surface area contributed by atoms with E-state index < -0.39 is 0 Å². The Labute approximate surface area is 108 Å². The van der Waals surface area contributed by atoms with Crippen LogP contribution in [0.3, 0.4) is 0 Å². The number of hydrogen-bond acceptors (Lipinski definition) is 3. The molecule has 0 aromatic rings. The number of nitrogens with one attached hydrogen (secondary N) is 2. The minimum Gasteiger partial charge on any atom is -0.352 e. The Balaban J connectivity index is 1.59. The summed E-state index contributed by atoms with van der Waals surface area (Å²) in [5.74, 6) is 2.64. The van der Waals surface area contributed by atoms with Gasteiger partial charge in [0, 0.05) is 17.8 Å². The zero-order valence-corrected chi connectivity index (χ0v) is 11.4. The average Bonchev–Trinajstić information content (AvgIpc) is 2.39. The van der Waals surface area contributed by atoms with Crippen LogP contribution in [-0.2, 0) is 4.79 Å². The van der Waals surface area contributed by atoms with Crippen molar-refractivity contribution in [3.63, 3.8) is 0 Å². The highest BCUT2D eigenvalue weighted by molar-refractivity contribution is 7.99. The molecule has 1 amide bonds. The zero-order chi connectivity index (χ0) is 11.9. The van der Waals surface area contributed by atoms with Crippen molar-refractivity contribution in [2.45, 2.75) is 57.0 Å². The van der Waals surface area contributed by atoms with Gasteiger partial charge in [-0.3, -0.25) is 4.79 Å². The first-order valence-corrected chi connectivity index (χ1v) is 8.10. The minimum absolute atomic E-state index is 0.187. The summed E-state index contributed by atoms with van der Waals surface area (Å²) in [5.41, 5.74) is 0. The van der Waals surface area contributed by atoms with Crippen molar-refractivity contribution in [2.24, 2.45) is 0 Å². The molecule has 1 aliphatic carbocycles. The number of carbonyl (C=O) groups is 1. The first-order valence-electron chi connectivity index (χ1n) is 6.95. The van der Waals surface area contributed by atoms with Crippen molar-refractivity contribution >= 4 is 17.7 Å². The molecule has 2 N–H and O–H groups in total. The maximum absolute atomic E-state index is 11.8. The number of carbonyl (C=O) groups excluding carboxylic acids is 1. The molecule has 17 heavy (non-hydrogen) atoms. The molecule has 2 rings (SSSR count). The molecule has 1 saturated heterocycles. The third-order valence-electron chi connectivity index (χ3n) is 3.68. The fourth-order valence-electron chi connectivity index (χ4n) is 2.66. The Morgan fingerprint density at radius 2 is 1.82 bits per heavy atom. The van der Waals surface area contributed by atoms with E-state index in [1.165, 1.54) is 50.7 Å². The van der Waals surface area contributed by atoms with E-state index in [-0.39, 0.29) is 5.91 Å². The summed E-state index contributed by atoms with van der Waals surface area (Å²) in [7, 11) is 0. The van der Waals surface area contributed by atoms with Crippen LogP contribution in [-0.4, -0.2) is 36.0 Å². The van der Waals surface area contributed by atoms with Gasteiger partial charge in [-0.2, -0.15) is 11.8 Å². The Bertz CT molecular complexity index is 236. The van der Waals surface area contributed by atoms with Crippen molar-refractivity contribution in [1.29, 1.82) is 0 Å². The highest BCUT2D eigenvalue weighted by atomic mass is 32.2. The fourth-order valence-corrected chi connectivity index (χ4v) is 3.77. The van der Waals surface area contributed by atoms with Crippen LogP contribution in [0.25, 0.3) is 0 Å². The van der Waals surface area contributed by atoms with E-state index >= 15 is 0 Å². The SMILES string of the molecule is O=C(CN[C@H]1CCCSC1)NC1CCCCC1. The summed E-state index contributed by atoms with van der Waals surface area (Å²) >= 11 is 2.00.